The van der Waals surface area contributed by atoms with Gasteiger partial charge in [0.25, 0.3) is 0 Å². The van der Waals surface area contributed by atoms with Gasteiger partial charge in [0, 0.05) is 19.3 Å². The van der Waals surface area contributed by atoms with Crippen LogP contribution < -0.4 is 0 Å². The van der Waals surface area contributed by atoms with E-state index in [1.165, 1.54) is 57.8 Å². The highest BCUT2D eigenvalue weighted by molar-refractivity contribution is 7.46. The van der Waals surface area contributed by atoms with Crippen LogP contribution >= 0.6 is 7.82 Å². The van der Waals surface area contributed by atoms with E-state index in [-0.39, 0.29) is 25.2 Å². The molecule has 0 aliphatic carbocycles. The smallest absolute Gasteiger partial charge is 0.462 e. The third kappa shape index (κ3) is 37.3. The zero-order valence-corrected chi connectivity index (χ0v) is 32.1. The Morgan fingerprint density at radius 1 is 0.633 bits per heavy atom. The van der Waals surface area contributed by atoms with E-state index in [0.717, 1.165) is 76.5 Å². The second-order valence-corrected chi connectivity index (χ2v) is 15.0. The van der Waals surface area contributed by atoms with Crippen molar-refractivity contribution in [1.29, 1.82) is 0 Å². The number of esters is 2. The van der Waals surface area contributed by atoms with E-state index in [2.05, 4.69) is 31.4 Å². The molecular weight excluding hydrogens is 643 g/mol. The first-order valence-electron chi connectivity index (χ1n) is 19.4. The maximum atomic E-state index is 12.4. The Morgan fingerprint density at radius 2 is 1.14 bits per heavy atom. The average Bonchev–Trinajstić information content (AvgIpc) is 3.04. The normalized spacial score (nSPS) is 12.7. The van der Waals surface area contributed by atoms with Crippen molar-refractivity contribution >= 4 is 25.5 Å². The maximum Gasteiger partial charge on any atom is 0.469 e. The van der Waals surface area contributed by atoms with E-state index in [1.807, 2.05) is 12.2 Å². The summed E-state index contributed by atoms with van der Waals surface area (Å²) in [5.41, 5.74) is 0. The summed E-state index contributed by atoms with van der Waals surface area (Å²) in [4.78, 5) is 54.4. The first kappa shape index (κ1) is 47.2. The molecule has 0 aromatic rings. The topological polar surface area (TPSA) is 136 Å². The number of hydrogen-bond donors (Lipinski definition) is 2. The highest BCUT2D eigenvalue weighted by Gasteiger charge is 2.22. The SMILES string of the molecule is CCCCCC(=O)/C=C/C=C\CCCCCCCC(=O)OC[C@H](COP(=O)(O)O)OC(=O)CCCCCCCCCCCCCCC(C)C. The largest absolute Gasteiger partial charge is 0.469 e. The zero-order chi connectivity index (χ0) is 36.4. The van der Waals surface area contributed by atoms with Crippen molar-refractivity contribution in [3.8, 4) is 0 Å². The molecule has 9 nitrogen and oxygen atoms in total. The summed E-state index contributed by atoms with van der Waals surface area (Å²) >= 11 is 0. The minimum Gasteiger partial charge on any atom is -0.462 e. The van der Waals surface area contributed by atoms with Gasteiger partial charge in [-0.2, -0.15) is 0 Å². The fourth-order valence-corrected chi connectivity index (χ4v) is 5.78. The van der Waals surface area contributed by atoms with Gasteiger partial charge in [-0.3, -0.25) is 18.9 Å². The predicted molar refractivity (Wildman–Crippen MR) is 198 cm³/mol. The third-order valence-corrected chi connectivity index (χ3v) is 8.86. The Balaban J connectivity index is 4.01. The molecule has 286 valence electrons. The Labute approximate surface area is 298 Å². The van der Waals surface area contributed by atoms with Crippen molar-refractivity contribution in [3.05, 3.63) is 24.3 Å². The number of allylic oxidation sites excluding steroid dienone is 4. The van der Waals surface area contributed by atoms with Gasteiger partial charge in [0.2, 0.25) is 0 Å². The van der Waals surface area contributed by atoms with Gasteiger partial charge in [-0.15, -0.1) is 0 Å². The average molecular weight is 715 g/mol. The summed E-state index contributed by atoms with van der Waals surface area (Å²) in [7, 11) is -4.77. The molecule has 0 aliphatic heterocycles. The molecule has 0 amide bonds. The number of phosphoric ester groups is 1. The fourth-order valence-electron chi connectivity index (χ4n) is 5.42. The molecule has 49 heavy (non-hydrogen) atoms. The predicted octanol–water partition coefficient (Wildman–Crippen LogP) is 10.7. The molecule has 10 heteroatoms. The monoisotopic (exact) mass is 714 g/mol. The zero-order valence-electron chi connectivity index (χ0n) is 31.3. The first-order chi connectivity index (χ1) is 23.5. The van der Waals surface area contributed by atoms with E-state index >= 15 is 0 Å². The second-order valence-electron chi connectivity index (χ2n) is 13.8. The molecule has 0 heterocycles. The summed E-state index contributed by atoms with van der Waals surface area (Å²) in [6, 6.07) is 0. The molecule has 2 N–H and O–H groups in total. The van der Waals surface area contributed by atoms with E-state index < -0.39 is 32.5 Å². The van der Waals surface area contributed by atoms with Crippen molar-refractivity contribution in [2.45, 2.75) is 187 Å². The summed E-state index contributed by atoms with van der Waals surface area (Å²) < 4.78 is 26.3. The molecule has 0 aliphatic rings. The van der Waals surface area contributed by atoms with Gasteiger partial charge >= 0.3 is 19.8 Å². The lowest BCUT2D eigenvalue weighted by atomic mass is 10.0. The summed E-state index contributed by atoms with van der Waals surface area (Å²) in [5, 5.41) is 0. The van der Waals surface area contributed by atoms with Crippen molar-refractivity contribution in [2.75, 3.05) is 13.2 Å². The van der Waals surface area contributed by atoms with Gasteiger partial charge in [-0.05, 0) is 44.1 Å². The van der Waals surface area contributed by atoms with Crippen molar-refractivity contribution in [3.63, 3.8) is 0 Å². The van der Waals surface area contributed by atoms with Crippen molar-refractivity contribution in [1.82, 2.24) is 0 Å². The van der Waals surface area contributed by atoms with Crippen LogP contribution in [0.15, 0.2) is 24.3 Å². The molecule has 0 unspecified atom stereocenters. The molecule has 0 saturated carbocycles. The summed E-state index contributed by atoms with van der Waals surface area (Å²) in [6.07, 6.45) is 31.7. The number of phosphoric acid groups is 1. The van der Waals surface area contributed by atoms with Crippen molar-refractivity contribution in [2.24, 2.45) is 5.92 Å². The molecule has 0 aromatic carbocycles. The maximum absolute atomic E-state index is 12.4. The van der Waals surface area contributed by atoms with Gasteiger partial charge in [0.05, 0.1) is 6.61 Å². The Morgan fingerprint density at radius 3 is 1.69 bits per heavy atom. The Hall–Kier alpha value is -1.80. The number of ketones is 1. The molecule has 0 radical (unpaired) electrons. The molecule has 0 spiro atoms. The summed E-state index contributed by atoms with van der Waals surface area (Å²) in [5.74, 6) is 0.0425. The minimum atomic E-state index is -4.77. The van der Waals surface area contributed by atoms with E-state index in [4.69, 9.17) is 19.3 Å². The van der Waals surface area contributed by atoms with Gasteiger partial charge in [0.15, 0.2) is 11.9 Å². The highest BCUT2D eigenvalue weighted by Crippen LogP contribution is 2.36. The molecule has 0 aromatic heterocycles. The quantitative estimate of drug-likeness (QED) is 0.0216. The van der Waals surface area contributed by atoms with Crippen LogP contribution in [0.4, 0.5) is 0 Å². The van der Waals surface area contributed by atoms with Crippen LogP contribution in [0.25, 0.3) is 0 Å². The Bertz CT molecular complexity index is 925. The van der Waals surface area contributed by atoms with Gasteiger partial charge in [-0.1, -0.05) is 148 Å². The van der Waals surface area contributed by atoms with Crippen LogP contribution in [-0.2, 0) is 32.9 Å². The van der Waals surface area contributed by atoms with Gasteiger partial charge in [-0.25, -0.2) is 4.57 Å². The summed E-state index contributed by atoms with van der Waals surface area (Å²) in [6.45, 7) is 5.82. The highest BCUT2D eigenvalue weighted by atomic mass is 31.2. The van der Waals surface area contributed by atoms with Crippen LogP contribution in [0, 0.1) is 5.92 Å². The van der Waals surface area contributed by atoms with Crippen LogP contribution in [0.2, 0.25) is 0 Å². The van der Waals surface area contributed by atoms with E-state index in [1.54, 1.807) is 6.08 Å². The number of ether oxygens (including phenoxy) is 2. The van der Waals surface area contributed by atoms with Gasteiger partial charge < -0.3 is 19.3 Å². The number of unbranched alkanes of at least 4 members (excludes halogenated alkanes) is 18. The lowest BCUT2D eigenvalue weighted by Crippen LogP contribution is -2.29. The van der Waals surface area contributed by atoms with E-state index in [9.17, 15) is 18.9 Å². The first-order valence-corrected chi connectivity index (χ1v) is 21.0. The number of carbonyl (C=O) groups excluding carboxylic acids is 3. The molecular formula is C39H71O9P. The Kier molecular flexibility index (Phi) is 32.1. The second kappa shape index (κ2) is 33.3. The third-order valence-electron chi connectivity index (χ3n) is 8.38. The number of rotatable bonds is 35. The van der Waals surface area contributed by atoms with Crippen LogP contribution in [0.3, 0.4) is 0 Å². The molecule has 0 bridgehead atoms. The van der Waals surface area contributed by atoms with Crippen LogP contribution in [-0.4, -0.2) is 46.8 Å². The van der Waals surface area contributed by atoms with Crippen LogP contribution in [0.5, 0.6) is 0 Å². The number of hydrogen-bond acceptors (Lipinski definition) is 7. The van der Waals surface area contributed by atoms with Gasteiger partial charge in [0.1, 0.15) is 6.61 Å². The standard InChI is InChI=1S/C39H71O9P/c1-4-5-23-29-36(40)30-25-20-16-12-10-14-17-21-26-31-38(41)46-33-37(34-47-49(43,44)45)48-39(42)32-27-22-18-13-9-7-6-8-11-15-19-24-28-35(2)3/h16,20,25,30,35,37H,4-15,17-19,21-24,26-29,31-34H2,1-3H3,(H2,43,44,45)/b20-16-,30-25+/t37-/m1/s1. The number of carbonyl (C=O) groups is 3. The molecule has 1 atom stereocenters. The van der Waals surface area contributed by atoms with E-state index in [0.29, 0.717) is 19.3 Å². The lowest BCUT2D eigenvalue weighted by Gasteiger charge is -2.18. The minimum absolute atomic E-state index is 0.174. The lowest BCUT2D eigenvalue weighted by molar-refractivity contribution is -0.161. The molecule has 0 fully saturated rings. The van der Waals surface area contributed by atoms with Crippen LogP contribution in [0.1, 0.15) is 181 Å². The van der Waals surface area contributed by atoms with Crippen molar-refractivity contribution < 1.29 is 42.7 Å². The fraction of sp³-hybridized carbons (Fsp3) is 0.821. The molecule has 0 rings (SSSR count). The molecule has 0 saturated heterocycles.